The van der Waals surface area contributed by atoms with Gasteiger partial charge in [-0.25, -0.2) is 0 Å². The lowest BCUT2D eigenvalue weighted by Crippen LogP contribution is -2.30. The fourth-order valence-corrected chi connectivity index (χ4v) is 3.20. The number of aromatic nitrogens is 2. The molecule has 9 heteroatoms. The van der Waals surface area contributed by atoms with Gasteiger partial charge in [-0.15, -0.1) is 0 Å². The van der Waals surface area contributed by atoms with E-state index < -0.39 is 11.9 Å². The topological polar surface area (TPSA) is 41.9 Å². The van der Waals surface area contributed by atoms with Crippen molar-refractivity contribution in [2.75, 3.05) is 11.9 Å². The number of nitrogens with one attached hydrogen (secondary N) is 2. The van der Waals surface area contributed by atoms with Gasteiger partial charge in [0.2, 0.25) is 0 Å². The Morgan fingerprint density at radius 1 is 1.27 bits per heavy atom. The summed E-state index contributed by atoms with van der Waals surface area (Å²) < 4.78 is 39.9. The van der Waals surface area contributed by atoms with Gasteiger partial charge in [-0.2, -0.15) is 18.3 Å². The zero-order valence-corrected chi connectivity index (χ0v) is 17.1. The highest BCUT2D eigenvalue weighted by Gasteiger charge is 2.37. The molecule has 1 aromatic heterocycles. The molecular formula is C17H20BrF3N4S. The zero-order valence-electron chi connectivity index (χ0n) is 14.7. The predicted octanol–water partition coefficient (Wildman–Crippen LogP) is 4.97. The molecule has 26 heavy (non-hydrogen) atoms. The van der Waals surface area contributed by atoms with Gasteiger partial charge in [0.1, 0.15) is 0 Å². The molecule has 0 radical (unpaired) electrons. The van der Waals surface area contributed by atoms with Gasteiger partial charge in [-0.05, 0) is 67.0 Å². The van der Waals surface area contributed by atoms with E-state index in [1.165, 1.54) is 10.2 Å². The summed E-state index contributed by atoms with van der Waals surface area (Å²) >= 11 is 8.23. The second-order valence-electron chi connectivity index (χ2n) is 6.02. The van der Waals surface area contributed by atoms with Crippen LogP contribution in [0.5, 0.6) is 0 Å². The van der Waals surface area contributed by atoms with Gasteiger partial charge < -0.3 is 10.6 Å². The quantitative estimate of drug-likeness (QED) is 0.500. The van der Waals surface area contributed by atoms with Crippen molar-refractivity contribution < 1.29 is 13.2 Å². The standard InChI is InChI=1S/C17H20BrF3N4S/c1-10-5-6-13(11(2)9-10)23-16(26)22-7-4-8-25-12(3)14(18)15(24-25)17(19,20)21/h5-6,9H,4,7-8H2,1-3H3,(H2,22,23,26). The lowest BCUT2D eigenvalue weighted by atomic mass is 10.1. The summed E-state index contributed by atoms with van der Waals surface area (Å²) in [5, 5.41) is 10.3. The fourth-order valence-electron chi connectivity index (χ4n) is 2.47. The summed E-state index contributed by atoms with van der Waals surface area (Å²) in [5.41, 5.74) is 2.75. The molecule has 0 saturated carbocycles. The number of hydrogen-bond acceptors (Lipinski definition) is 2. The van der Waals surface area contributed by atoms with Gasteiger partial charge in [0.15, 0.2) is 10.8 Å². The minimum Gasteiger partial charge on any atom is -0.362 e. The van der Waals surface area contributed by atoms with E-state index >= 15 is 0 Å². The van der Waals surface area contributed by atoms with Gasteiger partial charge in [-0.3, -0.25) is 4.68 Å². The molecular weight excluding hydrogens is 429 g/mol. The van der Waals surface area contributed by atoms with Crippen molar-refractivity contribution in [3.05, 3.63) is 45.2 Å². The Labute approximate surface area is 164 Å². The van der Waals surface area contributed by atoms with Crippen LogP contribution in [0.3, 0.4) is 0 Å². The number of rotatable bonds is 5. The van der Waals surface area contributed by atoms with Gasteiger partial charge in [0.05, 0.1) is 10.2 Å². The Hall–Kier alpha value is -1.61. The maximum atomic E-state index is 12.9. The molecule has 0 atom stereocenters. The molecule has 0 aliphatic rings. The summed E-state index contributed by atoms with van der Waals surface area (Å²) in [6.45, 7) is 6.50. The number of aryl methyl sites for hydroxylation is 3. The van der Waals surface area contributed by atoms with Crippen LogP contribution in [-0.2, 0) is 12.7 Å². The average Bonchev–Trinajstić information content (AvgIpc) is 2.82. The summed E-state index contributed by atoms with van der Waals surface area (Å²) in [6, 6.07) is 6.01. The third-order valence-corrected chi connectivity index (χ3v) is 5.06. The highest BCUT2D eigenvalue weighted by Crippen LogP contribution is 2.35. The molecule has 4 nitrogen and oxygen atoms in total. The number of halogens is 4. The average molecular weight is 449 g/mol. The second kappa shape index (κ2) is 8.39. The number of nitrogens with zero attached hydrogens (tertiary/aromatic N) is 2. The lowest BCUT2D eigenvalue weighted by Gasteiger charge is -2.13. The summed E-state index contributed by atoms with van der Waals surface area (Å²) in [4.78, 5) is 0. The first-order valence-electron chi connectivity index (χ1n) is 8.02. The van der Waals surface area contributed by atoms with Crippen molar-refractivity contribution >= 4 is 38.9 Å². The highest BCUT2D eigenvalue weighted by molar-refractivity contribution is 9.10. The van der Waals surface area contributed by atoms with Gasteiger partial charge >= 0.3 is 6.18 Å². The van der Waals surface area contributed by atoms with Crippen molar-refractivity contribution in [1.29, 1.82) is 0 Å². The molecule has 2 rings (SSSR count). The first-order valence-corrected chi connectivity index (χ1v) is 9.22. The number of thiocarbonyl (C=S) groups is 1. The summed E-state index contributed by atoms with van der Waals surface area (Å²) in [7, 11) is 0. The van der Waals surface area contributed by atoms with Crippen molar-refractivity contribution in [2.24, 2.45) is 0 Å². The maximum absolute atomic E-state index is 12.9. The number of hydrogen-bond donors (Lipinski definition) is 2. The highest BCUT2D eigenvalue weighted by atomic mass is 79.9. The second-order valence-corrected chi connectivity index (χ2v) is 7.22. The number of alkyl halides is 3. The molecule has 0 fully saturated rings. The third kappa shape index (κ3) is 5.20. The molecule has 0 spiro atoms. The Morgan fingerprint density at radius 3 is 2.54 bits per heavy atom. The van der Waals surface area contributed by atoms with Crippen LogP contribution in [0.2, 0.25) is 0 Å². The summed E-state index contributed by atoms with van der Waals surface area (Å²) in [5.74, 6) is 0. The molecule has 142 valence electrons. The van der Waals surface area contributed by atoms with E-state index in [1.54, 1.807) is 6.92 Å². The van der Waals surface area contributed by atoms with Crippen LogP contribution >= 0.6 is 28.1 Å². The van der Waals surface area contributed by atoms with E-state index in [9.17, 15) is 13.2 Å². The van der Waals surface area contributed by atoms with E-state index in [4.69, 9.17) is 12.2 Å². The molecule has 1 aromatic carbocycles. The first kappa shape index (κ1) is 20.7. The molecule has 0 aliphatic carbocycles. The van der Waals surface area contributed by atoms with Gasteiger partial charge in [-0.1, -0.05) is 17.7 Å². The molecule has 0 saturated heterocycles. The number of benzene rings is 1. The Bertz CT molecular complexity index is 802. The van der Waals surface area contributed by atoms with Crippen LogP contribution < -0.4 is 10.6 Å². The SMILES string of the molecule is Cc1ccc(NC(=S)NCCCn2nc(C(F)(F)F)c(Br)c2C)c(C)c1. The molecule has 0 amide bonds. The van der Waals surface area contributed by atoms with Gasteiger partial charge in [0, 0.05) is 18.8 Å². The molecule has 0 unspecified atom stereocenters. The molecule has 2 aromatic rings. The molecule has 1 heterocycles. The monoisotopic (exact) mass is 448 g/mol. The minimum absolute atomic E-state index is 0.00927. The van der Waals surface area contributed by atoms with E-state index in [0.717, 1.165) is 11.3 Å². The predicted molar refractivity (Wildman–Crippen MR) is 104 cm³/mol. The molecule has 2 N–H and O–H groups in total. The third-order valence-electron chi connectivity index (χ3n) is 3.86. The first-order chi connectivity index (χ1) is 12.1. The van der Waals surface area contributed by atoms with Crippen molar-refractivity contribution in [2.45, 2.75) is 39.9 Å². The maximum Gasteiger partial charge on any atom is 0.436 e. The largest absolute Gasteiger partial charge is 0.436 e. The Morgan fingerprint density at radius 2 is 1.96 bits per heavy atom. The van der Waals surface area contributed by atoms with Crippen molar-refractivity contribution in [1.82, 2.24) is 15.1 Å². The van der Waals surface area contributed by atoms with E-state index in [1.807, 2.05) is 26.0 Å². The van der Waals surface area contributed by atoms with Crippen LogP contribution in [0.4, 0.5) is 18.9 Å². The van der Waals surface area contributed by atoms with Crippen LogP contribution in [-0.4, -0.2) is 21.4 Å². The van der Waals surface area contributed by atoms with Crippen LogP contribution in [0.1, 0.15) is 28.9 Å². The smallest absolute Gasteiger partial charge is 0.362 e. The molecule has 0 bridgehead atoms. The van der Waals surface area contributed by atoms with Crippen LogP contribution in [0.25, 0.3) is 0 Å². The van der Waals surface area contributed by atoms with E-state index in [2.05, 4.69) is 37.7 Å². The zero-order chi connectivity index (χ0) is 19.5. The van der Waals surface area contributed by atoms with Crippen molar-refractivity contribution in [3.8, 4) is 0 Å². The summed E-state index contributed by atoms with van der Waals surface area (Å²) in [6.07, 6.45) is -3.88. The minimum atomic E-state index is -4.47. The Balaban J connectivity index is 1.84. The van der Waals surface area contributed by atoms with Crippen LogP contribution in [0, 0.1) is 20.8 Å². The van der Waals surface area contributed by atoms with E-state index in [0.29, 0.717) is 30.3 Å². The molecule has 0 aliphatic heterocycles. The fraction of sp³-hybridized carbons (Fsp3) is 0.412. The number of anilines is 1. The normalized spacial score (nSPS) is 11.5. The van der Waals surface area contributed by atoms with Crippen molar-refractivity contribution in [3.63, 3.8) is 0 Å². The van der Waals surface area contributed by atoms with E-state index in [-0.39, 0.29) is 4.47 Å². The van der Waals surface area contributed by atoms with Gasteiger partial charge in [0.25, 0.3) is 0 Å². The van der Waals surface area contributed by atoms with Crippen LogP contribution in [0.15, 0.2) is 22.7 Å². The Kier molecular flexibility index (Phi) is 6.68. The lowest BCUT2D eigenvalue weighted by molar-refractivity contribution is -0.142.